The van der Waals surface area contributed by atoms with Crippen LogP contribution >= 0.6 is 0 Å². The monoisotopic (exact) mass is 368 g/mol. The van der Waals surface area contributed by atoms with E-state index in [0.717, 1.165) is 6.54 Å². The number of amides is 1. The summed E-state index contributed by atoms with van der Waals surface area (Å²) in [5.41, 5.74) is 3.06. The summed E-state index contributed by atoms with van der Waals surface area (Å²) in [5, 5.41) is 0. The number of nitrogens with zero attached hydrogens (tertiary/aromatic N) is 2. The molecule has 3 rings (SSSR count). The van der Waals surface area contributed by atoms with Gasteiger partial charge in [-0.15, -0.1) is 0 Å². The second-order valence-electron chi connectivity index (χ2n) is 7.20. The van der Waals surface area contributed by atoms with E-state index in [1.54, 1.807) is 31.4 Å². The molecule has 0 saturated carbocycles. The van der Waals surface area contributed by atoms with Crippen molar-refractivity contribution < 1.29 is 14.3 Å². The van der Waals surface area contributed by atoms with Crippen molar-refractivity contribution in [2.45, 2.75) is 33.4 Å². The minimum Gasteiger partial charge on any atom is -0.493 e. The Bertz CT molecular complexity index is 838. The average molecular weight is 368 g/mol. The molecule has 1 aliphatic heterocycles. The summed E-state index contributed by atoms with van der Waals surface area (Å²) in [5.74, 6) is 1.50. The first-order chi connectivity index (χ1) is 13.0. The van der Waals surface area contributed by atoms with Crippen LogP contribution < -0.4 is 9.47 Å². The zero-order valence-corrected chi connectivity index (χ0v) is 16.6. The largest absolute Gasteiger partial charge is 0.493 e. The average Bonchev–Trinajstić information content (AvgIpc) is 3.05. The summed E-state index contributed by atoms with van der Waals surface area (Å²) < 4.78 is 13.3. The number of aryl methyl sites for hydroxylation is 1. The number of carbonyl (C=O) groups excluding carboxylic acids is 1. The minimum absolute atomic E-state index is 0.0207. The molecular formula is C22H28N2O3. The van der Waals surface area contributed by atoms with Crippen molar-refractivity contribution in [2.75, 3.05) is 20.3 Å². The molecule has 2 heterocycles. The third-order valence-electron chi connectivity index (χ3n) is 5.10. The van der Waals surface area contributed by atoms with Crippen LogP contribution in [0.3, 0.4) is 0 Å². The van der Waals surface area contributed by atoms with Crippen LogP contribution in [-0.4, -0.2) is 35.6 Å². The Morgan fingerprint density at radius 3 is 2.70 bits per heavy atom. The van der Waals surface area contributed by atoms with E-state index in [1.807, 2.05) is 4.90 Å². The SMILES string of the molecule is C=CCOc1ccc(C(=O)N2CCn3c(C)ccc3[C@H]2C(C)C)cc1OC. The minimum atomic E-state index is 0.0207. The van der Waals surface area contributed by atoms with E-state index in [1.165, 1.54) is 11.4 Å². The maximum atomic E-state index is 13.3. The second kappa shape index (κ2) is 7.91. The van der Waals surface area contributed by atoms with Gasteiger partial charge in [0.1, 0.15) is 6.61 Å². The maximum Gasteiger partial charge on any atom is 0.254 e. The van der Waals surface area contributed by atoms with Crippen molar-refractivity contribution in [3.05, 3.63) is 59.9 Å². The first-order valence-electron chi connectivity index (χ1n) is 9.36. The number of aromatic nitrogens is 1. The predicted octanol–water partition coefficient (Wildman–Crippen LogP) is 4.22. The van der Waals surface area contributed by atoms with Crippen LogP contribution in [0.15, 0.2) is 43.0 Å². The van der Waals surface area contributed by atoms with Gasteiger partial charge >= 0.3 is 0 Å². The molecule has 1 atom stereocenters. The lowest BCUT2D eigenvalue weighted by Gasteiger charge is -2.40. The lowest BCUT2D eigenvalue weighted by atomic mass is 9.96. The number of hydrogen-bond acceptors (Lipinski definition) is 3. The molecule has 5 nitrogen and oxygen atoms in total. The Balaban J connectivity index is 1.91. The van der Waals surface area contributed by atoms with Crippen molar-refractivity contribution in [1.82, 2.24) is 9.47 Å². The Kier molecular flexibility index (Phi) is 5.59. The van der Waals surface area contributed by atoms with Gasteiger partial charge in [-0.05, 0) is 43.2 Å². The summed E-state index contributed by atoms with van der Waals surface area (Å²) in [7, 11) is 1.58. The summed E-state index contributed by atoms with van der Waals surface area (Å²) in [6.07, 6.45) is 1.68. The Labute approximate surface area is 161 Å². The third kappa shape index (κ3) is 3.59. The zero-order chi connectivity index (χ0) is 19.6. The molecule has 27 heavy (non-hydrogen) atoms. The van der Waals surface area contributed by atoms with Gasteiger partial charge in [-0.1, -0.05) is 26.5 Å². The first-order valence-corrected chi connectivity index (χ1v) is 9.36. The molecule has 1 aromatic carbocycles. The van der Waals surface area contributed by atoms with Crippen molar-refractivity contribution >= 4 is 5.91 Å². The molecule has 0 N–H and O–H groups in total. The summed E-state index contributed by atoms with van der Waals surface area (Å²) in [4.78, 5) is 15.3. The zero-order valence-electron chi connectivity index (χ0n) is 16.6. The lowest BCUT2D eigenvalue weighted by Crippen LogP contribution is -2.44. The van der Waals surface area contributed by atoms with Gasteiger partial charge in [-0.3, -0.25) is 4.79 Å². The van der Waals surface area contributed by atoms with Crippen molar-refractivity contribution in [2.24, 2.45) is 5.92 Å². The summed E-state index contributed by atoms with van der Waals surface area (Å²) in [6, 6.07) is 9.69. The van der Waals surface area contributed by atoms with Crippen LogP contribution in [-0.2, 0) is 6.54 Å². The number of carbonyl (C=O) groups is 1. The van der Waals surface area contributed by atoms with Crippen molar-refractivity contribution in [1.29, 1.82) is 0 Å². The van der Waals surface area contributed by atoms with Crippen LogP contribution in [0.4, 0.5) is 0 Å². The predicted molar refractivity (Wildman–Crippen MR) is 106 cm³/mol. The number of ether oxygens (including phenoxy) is 2. The fraction of sp³-hybridized carbons (Fsp3) is 0.409. The first kappa shape index (κ1) is 19.1. The maximum absolute atomic E-state index is 13.3. The van der Waals surface area contributed by atoms with E-state index in [2.05, 4.69) is 44.0 Å². The fourth-order valence-corrected chi connectivity index (χ4v) is 3.82. The number of rotatable bonds is 6. The topological polar surface area (TPSA) is 43.7 Å². The van der Waals surface area contributed by atoms with Gasteiger partial charge in [0.2, 0.25) is 0 Å². The van der Waals surface area contributed by atoms with Crippen LogP contribution in [0.2, 0.25) is 0 Å². The van der Waals surface area contributed by atoms with Gasteiger partial charge in [0, 0.05) is 30.0 Å². The van der Waals surface area contributed by atoms with Crippen LogP contribution in [0.5, 0.6) is 11.5 Å². The van der Waals surface area contributed by atoms with Gasteiger partial charge in [0.05, 0.1) is 13.2 Å². The molecule has 5 heteroatoms. The quantitative estimate of drug-likeness (QED) is 0.717. The molecular weight excluding hydrogens is 340 g/mol. The summed E-state index contributed by atoms with van der Waals surface area (Å²) >= 11 is 0. The Morgan fingerprint density at radius 1 is 1.26 bits per heavy atom. The Hall–Kier alpha value is -2.69. The van der Waals surface area contributed by atoms with Crippen LogP contribution in [0.25, 0.3) is 0 Å². The molecule has 0 fully saturated rings. The highest BCUT2D eigenvalue weighted by Crippen LogP contribution is 2.36. The number of hydrogen-bond donors (Lipinski definition) is 0. The molecule has 0 unspecified atom stereocenters. The van der Waals surface area contributed by atoms with E-state index in [9.17, 15) is 4.79 Å². The van der Waals surface area contributed by atoms with E-state index in [0.29, 0.717) is 36.1 Å². The lowest BCUT2D eigenvalue weighted by molar-refractivity contribution is 0.0554. The highest BCUT2D eigenvalue weighted by Gasteiger charge is 2.34. The van der Waals surface area contributed by atoms with Crippen LogP contribution in [0, 0.1) is 12.8 Å². The van der Waals surface area contributed by atoms with Crippen molar-refractivity contribution in [3.8, 4) is 11.5 Å². The van der Waals surface area contributed by atoms with E-state index in [4.69, 9.17) is 9.47 Å². The molecule has 0 saturated heterocycles. The molecule has 1 amide bonds. The van der Waals surface area contributed by atoms with Gasteiger partial charge in [-0.2, -0.15) is 0 Å². The second-order valence-corrected chi connectivity index (χ2v) is 7.20. The molecule has 0 spiro atoms. The van der Waals surface area contributed by atoms with E-state index < -0.39 is 0 Å². The molecule has 0 aliphatic carbocycles. The van der Waals surface area contributed by atoms with Gasteiger partial charge in [-0.25, -0.2) is 0 Å². The normalized spacial score (nSPS) is 16.2. The van der Waals surface area contributed by atoms with Gasteiger partial charge < -0.3 is 18.9 Å². The smallest absolute Gasteiger partial charge is 0.254 e. The van der Waals surface area contributed by atoms with E-state index in [-0.39, 0.29) is 11.9 Å². The van der Waals surface area contributed by atoms with Gasteiger partial charge in [0.25, 0.3) is 5.91 Å². The molecule has 2 aromatic rings. The number of methoxy groups -OCH3 is 1. The third-order valence-corrected chi connectivity index (χ3v) is 5.10. The molecule has 0 bridgehead atoms. The molecule has 1 aliphatic rings. The Morgan fingerprint density at radius 2 is 2.04 bits per heavy atom. The summed E-state index contributed by atoms with van der Waals surface area (Å²) in [6.45, 7) is 12.0. The fourth-order valence-electron chi connectivity index (χ4n) is 3.82. The molecule has 144 valence electrons. The van der Waals surface area contributed by atoms with Crippen LogP contribution in [0.1, 0.15) is 41.6 Å². The molecule has 0 radical (unpaired) electrons. The van der Waals surface area contributed by atoms with E-state index >= 15 is 0 Å². The highest BCUT2D eigenvalue weighted by atomic mass is 16.5. The van der Waals surface area contributed by atoms with Crippen molar-refractivity contribution in [3.63, 3.8) is 0 Å². The standard InChI is InChI=1S/C22H28N2O3/c1-6-13-27-19-10-8-17(14-20(19)26-5)22(25)24-12-11-23-16(4)7-9-18(23)21(24)15(2)3/h6-10,14-15,21H,1,11-13H2,2-5H3/t21-/m1/s1. The number of benzene rings is 1. The molecule has 1 aromatic heterocycles. The number of fused-ring (bicyclic) bond motifs is 1. The van der Waals surface area contributed by atoms with Gasteiger partial charge in [0.15, 0.2) is 11.5 Å². The highest BCUT2D eigenvalue weighted by molar-refractivity contribution is 5.95.